The van der Waals surface area contributed by atoms with E-state index < -0.39 is 0 Å². The molecule has 2 aliphatic rings. The Balaban J connectivity index is 1.22. The minimum Gasteiger partial charge on any atom is -0.355 e. The molecule has 7 heteroatoms. The van der Waals surface area contributed by atoms with Crippen LogP contribution >= 0.6 is 11.8 Å². The molecule has 0 saturated carbocycles. The molecule has 2 amide bonds. The summed E-state index contributed by atoms with van der Waals surface area (Å²) in [5, 5.41) is 3.76. The van der Waals surface area contributed by atoms with Gasteiger partial charge in [0.25, 0.3) is 0 Å². The molecule has 1 N–H and O–H groups in total. The largest absolute Gasteiger partial charge is 0.355 e. The van der Waals surface area contributed by atoms with Crippen LogP contribution in [-0.2, 0) is 22.6 Å². The van der Waals surface area contributed by atoms with E-state index >= 15 is 0 Å². The van der Waals surface area contributed by atoms with Crippen LogP contribution in [0.2, 0.25) is 0 Å². The number of hydrogen-bond donors (Lipinski definition) is 1. The van der Waals surface area contributed by atoms with Gasteiger partial charge in [-0.2, -0.15) is 0 Å². The second-order valence-electron chi connectivity index (χ2n) is 7.09. The lowest BCUT2D eigenvalue weighted by Crippen LogP contribution is -2.44. The lowest BCUT2D eigenvalue weighted by Gasteiger charge is -2.29. The third-order valence-electron chi connectivity index (χ3n) is 5.16. The molecule has 0 fully saturated rings. The Morgan fingerprint density at radius 3 is 2.93 bits per heavy atom. The Bertz CT molecular complexity index is 873. The van der Waals surface area contributed by atoms with Gasteiger partial charge >= 0.3 is 0 Å². The number of fused-ring (bicyclic) bond motifs is 2. The van der Waals surface area contributed by atoms with E-state index in [0.29, 0.717) is 12.3 Å². The molecule has 0 radical (unpaired) electrons. The smallest absolute Gasteiger partial charge is 0.240 e. The van der Waals surface area contributed by atoms with Crippen molar-refractivity contribution in [3.8, 4) is 0 Å². The van der Waals surface area contributed by atoms with Crippen LogP contribution in [0.25, 0.3) is 0 Å². The van der Waals surface area contributed by atoms with Crippen molar-refractivity contribution in [2.24, 2.45) is 0 Å². The van der Waals surface area contributed by atoms with Gasteiger partial charge in [0.2, 0.25) is 11.8 Å². The van der Waals surface area contributed by atoms with Gasteiger partial charge in [0.1, 0.15) is 11.6 Å². The Morgan fingerprint density at radius 1 is 1.18 bits per heavy atom. The second-order valence-corrected chi connectivity index (χ2v) is 8.06. The molecule has 0 bridgehead atoms. The van der Waals surface area contributed by atoms with Crippen LogP contribution in [0.4, 0.5) is 5.69 Å². The van der Waals surface area contributed by atoms with Crippen LogP contribution in [0.15, 0.2) is 47.6 Å². The van der Waals surface area contributed by atoms with Gasteiger partial charge in [-0.3, -0.25) is 19.4 Å². The minimum absolute atomic E-state index is 0.0485. The predicted octanol–water partition coefficient (Wildman–Crippen LogP) is 2.08. The quantitative estimate of drug-likeness (QED) is 0.758. The number of rotatable bonds is 6. The first-order valence-electron chi connectivity index (χ1n) is 9.65. The number of aromatic nitrogens is 1. The minimum atomic E-state index is -0.126. The third kappa shape index (κ3) is 4.36. The van der Waals surface area contributed by atoms with Crippen molar-refractivity contribution < 1.29 is 9.59 Å². The van der Waals surface area contributed by atoms with Gasteiger partial charge in [-0.15, -0.1) is 0 Å². The summed E-state index contributed by atoms with van der Waals surface area (Å²) in [4.78, 5) is 32.8. The van der Waals surface area contributed by atoms with Gasteiger partial charge < -0.3 is 5.32 Å². The monoisotopic (exact) mass is 396 g/mol. The maximum atomic E-state index is 12.3. The molecule has 4 rings (SSSR count). The third-order valence-corrected chi connectivity index (χ3v) is 6.14. The van der Waals surface area contributed by atoms with Crippen molar-refractivity contribution in [2.75, 3.05) is 36.8 Å². The van der Waals surface area contributed by atoms with Crippen LogP contribution in [-0.4, -0.2) is 53.6 Å². The number of carbonyl (C=O) groups is 2. The number of hydrogen-bond acceptors (Lipinski definition) is 5. The summed E-state index contributed by atoms with van der Waals surface area (Å²) in [6.07, 6.45) is 3.69. The van der Waals surface area contributed by atoms with Crippen molar-refractivity contribution in [1.82, 2.24) is 15.2 Å². The molecule has 0 unspecified atom stereocenters. The summed E-state index contributed by atoms with van der Waals surface area (Å²) in [6.45, 7) is 3.67. The number of amides is 2. The van der Waals surface area contributed by atoms with Crippen LogP contribution in [0.5, 0.6) is 0 Å². The number of anilines is 1. The highest BCUT2D eigenvalue weighted by Gasteiger charge is 2.27. The van der Waals surface area contributed by atoms with E-state index in [1.54, 1.807) is 12.3 Å². The molecule has 3 heterocycles. The maximum absolute atomic E-state index is 12.3. The number of pyridine rings is 1. The number of thioether (sulfide) groups is 1. The molecule has 1 aromatic carbocycles. The topological polar surface area (TPSA) is 65.5 Å². The number of benzene rings is 1. The van der Waals surface area contributed by atoms with Gasteiger partial charge in [-0.25, -0.2) is 4.98 Å². The number of nitrogens with one attached hydrogen (secondary N) is 1. The zero-order valence-electron chi connectivity index (χ0n) is 15.8. The molecule has 0 aliphatic carbocycles. The molecule has 1 aromatic heterocycles. The molecule has 28 heavy (non-hydrogen) atoms. The van der Waals surface area contributed by atoms with Crippen molar-refractivity contribution in [3.05, 3.63) is 53.7 Å². The van der Waals surface area contributed by atoms with Crippen molar-refractivity contribution >= 4 is 29.3 Å². The molecule has 0 atom stereocenters. The van der Waals surface area contributed by atoms with E-state index in [-0.39, 0.29) is 18.4 Å². The average molecular weight is 397 g/mol. The highest BCUT2D eigenvalue weighted by atomic mass is 32.2. The normalized spacial score (nSPS) is 16.4. The summed E-state index contributed by atoms with van der Waals surface area (Å²) >= 11 is 1.42. The molecular weight excluding hydrogens is 372 g/mol. The van der Waals surface area contributed by atoms with Gasteiger partial charge in [-0.05, 0) is 36.1 Å². The van der Waals surface area contributed by atoms with Crippen LogP contribution in [0.1, 0.15) is 17.5 Å². The first-order valence-corrected chi connectivity index (χ1v) is 10.6. The molecule has 6 nitrogen and oxygen atoms in total. The Kier molecular flexibility index (Phi) is 5.92. The molecular formula is C21H24N4O2S. The lowest BCUT2D eigenvalue weighted by atomic mass is 10.00. The highest BCUT2D eigenvalue weighted by Crippen LogP contribution is 2.32. The second kappa shape index (κ2) is 8.75. The summed E-state index contributed by atoms with van der Waals surface area (Å²) in [6, 6.07) is 12.2. The summed E-state index contributed by atoms with van der Waals surface area (Å²) in [7, 11) is 0. The zero-order chi connectivity index (χ0) is 19.3. The van der Waals surface area contributed by atoms with Gasteiger partial charge in [0.15, 0.2) is 0 Å². The molecule has 0 saturated heterocycles. The van der Waals surface area contributed by atoms with Crippen LogP contribution < -0.4 is 10.2 Å². The zero-order valence-corrected chi connectivity index (χ0v) is 16.6. The van der Waals surface area contributed by atoms with Crippen LogP contribution in [0, 0.1) is 0 Å². The van der Waals surface area contributed by atoms with E-state index in [4.69, 9.17) is 0 Å². The van der Waals surface area contributed by atoms with Crippen molar-refractivity contribution in [3.63, 3.8) is 0 Å². The van der Waals surface area contributed by atoms with E-state index in [0.717, 1.165) is 43.2 Å². The average Bonchev–Trinajstić information content (AvgIpc) is 2.73. The molecule has 2 aromatic rings. The number of carbonyl (C=O) groups excluding carboxylic acids is 2. The maximum Gasteiger partial charge on any atom is 0.240 e. The van der Waals surface area contributed by atoms with Gasteiger partial charge in [-0.1, -0.05) is 36.0 Å². The SMILES string of the molecule is O=C(CN1C(=O)CSc2ncccc21)NCCCN1CCc2ccccc2C1. The fourth-order valence-corrected chi connectivity index (χ4v) is 4.57. The molecule has 146 valence electrons. The Morgan fingerprint density at radius 2 is 2.04 bits per heavy atom. The Hall–Kier alpha value is -2.38. The van der Waals surface area contributed by atoms with E-state index in [2.05, 4.69) is 39.5 Å². The van der Waals surface area contributed by atoms with Crippen molar-refractivity contribution in [2.45, 2.75) is 24.4 Å². The molecule has 0 spiro atoms. The number of nitrogens with zero attached hydrogens (tertiary/aromatic N) is 3. The van der Waals surface area contributed by atoms with E-state index in [1.807, 2.05) is 6.07 Å². The highest BCUT2D eigenvalue weighted by molar-refractivity contribution is 8.00. The van der Waals surface area contributed by atoms with Crippen LogP contribution in [0.3, 0.4) is 0 Å². The summed E-state index contributed by atoms with van der Waals surface area (Å²) < 4.78 is 0. The van der Waals surface area contributed by atoms with E-state index in [9.17, 15) is 9.59 Å². The van der Waals surface area contributed by atoms with E-state index in [1.165, 1.54) is 27.8 Å². The summed E-state index contributed by atoms with van der Waals surface area (Å²) in [5.41, 5.74) is 3.59. The molecule has 2 aliphatic heterocycles. The van der Waals surface area contributed by atoms with Crippen molar-refractivity contribution in [1.29, 1.82) is 0 Å². The predicted molar refractivity (Wildman–Crippen MR) is 110 cm³/mol. The van der Waals surface area contributed by atoms with Gasteiger partial charge in [0, 0.05) is 32.4 Å². The van der Waals surface area contributed by atoms with Gasteiger partial charge in [0.05, 0.1) is 11.4 Å². The summed E-state index contributed by atoms with van der Waals surface area (Å²) in [5.74, 6) is 0.153. The Labute approximate surface area is 169 Å². The lowest BCUT2D eigenvalue weighted by molar-refractivity contribution is -0.123. The first kappa shape index (κ1) is 19.0. The fourth-order valence-electron chi connectivity index (χ4n) is 3.69. The fraction of sp³-hybridized carbons (Fsp3) is 0.381. The first-order chi connectivity index (χ1) is 13.7. The standard InChI is InChI=1S/C21H24N4O2S/c26-19(14-25-18-7-3-9-23-21(18)28-15-20(25)27)22-10-4-11-24-12-8-16-5-1-2-6-17(16)13-24/h1-3,5-7,9H,4,8,10-15H2,(H,22,26).